The van der Waals surface area contributed by atoms with Gasteiger partial charge in [-0.05, 0) is 64.7 Å². The molecule has 5 nitrogen and oxygen atoms in total. The van der Waals surface area contributed by atoms with Gasteiger partial charge in [-0.2, -0.15) is 0 Å². The van der Waals surface area contributed by atoms with E-state index >= 15 is 0 Å². The fourth-order valence-corrected chi connectivity index (χ4v) is 7.34. The summed E-state index contributed by atoms with van der Waals surface area (Å²) in [5.74, 6) is 0. The maximum atomic E-state index is 4.85. The van der Waals surface area contributed by atoms with Crippen molar-refractivity contribution in [2.45, 2.75) is 5.41 Å². The quantitative estimate of drug-likeness (QED) is 0.209. The van der Waals surface area contributed by atoms with Crippen LogP contribution in [0.15, 0.2) is 164 Å². The van der Waals surface area contributed by atoms with Gasteiger partial charge in [0.1, 0.15) is 6.33 Å². The summed E-state index contributed by atoms with van der Waals surface area (Å²) in [5.41, 5.74) is 11.8. The number of hydrogen-bond acceptors (Lipinski definition) is 4. The van der Waals surface area contributed by atoms with E-state index in [0.29, 0.717) is 0 Å². The molecule has 9 rings (SSSR count). The molecule has 4 heterocycles. The molecule has 0 aliphatic carbocycles. The van der Waals surface area contributed by atoms with Gasteiger partial charge in [0, 0.05) is 17.3 Å². The number of anilines is 3. The Kier molecular flexibility index (Phi) is 5.65. The van der Waals surface area contributed by atoms with Crippen molar-refractivity contribution in [2.75, 3.05) is 4.90 Å². The summed E-state index contributed by atoms with van der Waals surface area (Å²) < 4.78 is 2.19. The van der Waals surface area contributed by atoms with E-state index in [9.17, 15) is 0 Å². The van der Waals surface area contributed by atoms with Crippen molar-refractivity contribution in [2.24, 2.45) is 0 Å². The zero-order valence-electron chi connectivity index (χ0n) is 24.3. The van der Waals surface area contributed by atoms with E-state index in [1.807, 2.05) is 24.7 Å². The fourth-order valence-electron chi connectivity index (χ4n) is 7.34. The second-order valence-corrected chi connectivity index (χ2v) is 11.4. The molecule has 0 unspecified atom stereocenters. The van der Waals surface area contributed by atoms with E-state index in [1.54, 1.807) is 6.33 Å². The van der Waals surface area contributed by atoms with Gasteiger partial charge in [-0.25, -0.2) is 9.97 Å². The van der Waals surface area contributed by atoms with Gasteiger partial charge in [0.2, 0.25) is 0 Å². The molecule has 5 aromatic carbocycles. The Morgan fingerprint density at radius 2 is 1.11 bits per heavy atom. The monoisotopic (exact) mass is 577 g/mol. The van der Waals surface area contributed by atoms with Crippen LogP contribution in [0.4, 0.5) is 17.1 Å². The van der Waals surface area contributed by atoms with E-state index in [-0.39, 0.29) is 0 Å². The summed E-state index contributed by atoms with van der Waals surface area (Å²) in [5, 5.41) is 1.07. The van der Waals surface area contributed by atoms with Crippen LogP contribution in [0.5, 0.6) is 0 Å². The second kappa shape index (κ2) is 10.00. The average Bonchev–Trinajstić information content (AvgIpc) is 3.45. The van der Waals surface area contributed by atoms with Gasteiger partial charge in [-0.1, -0.05) is 97.1 Å². The number of aromatic nitrogens is 4. The van der Waals surface area contributed by atoms with Gasteiger partial charge < -0.3 is 9.47 Å². The number of para-hydroxylation sites is 2. The smallest absolute Gasteiger partial charge is 0.115 e. The largest absolute Gasteiger partial charge is 0.310 e. The van der Waals surface area contributed by atoms with Crippen LogP contribution in [0, 0.1) is 0 Å². The molecule has 0 amide bonds. The van der Waals surface area contributed by atoms with Crippen molar-refractivity contribution in [3.05, 3.63) is 187 Å². The first kappa shape index (κ1) is 25.4. The maximum absolute atomic E-state index is 4.85. The van der Waals surface area contributed by atoms with Crippen LogP contribution in [0.25, 0.3) is 27.6 Å². The third kappa shape index (κ3) is 3.64. The molecule has 0 saturated heterocycles. The Balaban J connectivity index is 1.34. The van der Waals surface area contributed by atoms with Crippen LogP contribution in [0.2, 0.25) is 0 Å². The first-order valence-corrected chi connectivity index (χ1v) is 15.1. The van der Waals surface area contributed by atoms with E-state index < -0.39 is 5.41 Å². The lowest BCUT2D eigenvalue weighted by molar-refractivity contribution is 0.731. The number of fused-ring (bicyclic) bond motifs is 5. The van der Waals surface area contributed by atoms with Crippen molar-refractivity contribution >= 4 is 39.0 Å². The SMILES string of the molecule is c1ccc(C2(c3ccccc3)c3ccccc3N(c3ccc4c(c3)c3ncccc3n4-c3cncnc3)c3ccccc32)cc1. The van der Waals surface area contributed by atoms with E-state index in [4.69, 9.17) is 4.98 Å². The van der Waals surface area contributed by atoms with Crippen LogP contribution in [0.3, 0.4) is 0 Å². The van der Waals surface area contributed by atoms with Crippen molar-refractivity contribution in [1.82, 2.24) is 19.5 Å². The van der Waals surface area contributed by atoms with E-state index in [1.165, 1.54) is 22.3 Å². The summed E-state index contributed by atoms with van der Waals surface area (Å²) in [6.45, 7) is 0. The lowest BCUT2D eigenvalue weighted by atomic mass is 9.62. The maximum Gasteiger partial charge on any atom is 0.115 e. The molecule has 1 aliphatic heterocycles. The Morgan fingerprint density at radius 1 is 0.511 bits per heavy atom. The molecule has 1 aliphatic rings. The number of rotatable bonds is 4. The molecule has 0 atom stereocenters. The average molecular weight is 578 g/mol. The van der Waals surface area contributed by atoms with Gasteiger partial charge in [0.05, 0.1) is 51.4 Å². The second-order valence-electron chi connectivity index (χ2n) is 11.4. The lowest BCUT2D eigenvalue weighted by Gasteiger charge is -2.46. The summed E-state index contributed by atoms with van der Waals surface area (Å²) in [6.07, 6.45) is 7.11. The number of nitrogens with zero attached hydrogens (tertiary/aromatic N) is 5. The van der Waals surface area contributed by atoms with Crippen molar-refractivity contribution in [1.29, 1.82) is 0 Å². The molecule has 5 heteroatoms. The fraction of sp³-hybridized carbons (Fsp3) is 0.0250. The molecular weight excluding hydrogens is 550 g/mol. The minimum Gasteiger partial charge on any atom is -0.310 e. The summed E-state index contributed by atoms with van der Waals surface area (Å²) in [7, 11) is 0. The third-order valence-corrected chi connectivity index (χ3v) is 9.08. The Hall–Kier alpha value is -6.07. The van der Waals surface area contributed by atoms with Gasteiger partial charge in [-0.15, -0.1) is 0 Å². The molecule has 0 fully saturated rings. The van der Waals surface area contributed by atoms with Crippen LogP contribution in [-0.2, 0) is 5.41 Å². The van der Waals surface area contributed by atoms with Crippen LogP contribution in [0.1, 0.15) is 22.3 Å². The predicted octanol–water partition coefficient (Wildman–Crippen LogP) is 9.13. The van der Waals surface area contributed by atoms with Crippen molar-refractivity contribution in [3.8, 4) is 5.69 Å². The summed E-state index contributed by atoms with van der Waals surface area (Å²) >= 11 is 0. The van der Waals surface area contributed by atoms with Gasteiger partial charge in [-0.3, -0.25) is 4.98 Å². The van der Waals surface area contributed by atoms with Crippen molar-refractivity contribution < 1.29 is 0 Å². The lowest BCUT2D eigenvalue weighted by Crippen LogP contribution is -2.37. The number of pyridine rings is 1. The minimum absolute atomic E-state index is 0.499. The van der Waals surface area contributed by atoms with Gasteiger partial charge in [0.15, 0.2) is 0 Å². The molecule has 0 N–H and O–H groups in total. The number of hydrogen-bond donors (Lipinski definition) is 0. The zero-order valence-corrected chi connectivity index (χ0v) is 24.3. The van der Waals surface area contributed by atoms with Crippen molar-refractivity contribution in [3.63, 3.8) is 0 Å². The highest BCUT2D eigenvalue weighted by atomic mass is 15.2. The number of benzene rings is 5. The summed E-state index contributed by atoms with van der Waals surface area (Å²) in [4.78, 5) is 15.9. The molecule has 8 aromatic rings. The Labute approximate surface area is 260 Å². The highest BCUT2D eigenvalue weighted by Gasteiger charge is 2.46. The topological polar surface area (TPSA) is 46.8 Å². The highest BCUT2D eigenvalue weighted by Crippen LogP contribution is 2.57. The molecule has 3 aromatic heterocycles. The highest BCUT2D eigenvalue weighted by molar-refractivity contribution is 6.08. The molecular formula is C40H27N5. The molecule has 0 spiro atoms. The third-order valence-electron chi connectivity index (χ3n) is 9.08. The van der Waals surface area contributed by atoms with Crippen LogP contribution < -0.4 is 4.90 Å². The molecule has 0 radical (unpaired) electrons. The van der Waals surface area contributed by atoms with E-state index in [0.717, 1.165) is 44.7 Å². The molecule has 0 saturated carbocycles. The van der Waals surface area contributed by atoms with Gasteiger partial charge in [0.25, 0.3) is 0 Å². The normalized spacial score (nSPS) is 13.5. The first-order valence-electron chi connectivity index (χ1n) is 15.1. The predicted molar refractivity (Wildman–Crippen MR) is 181 cm³/mol. The Morgan fingerprint density at radius 3 is 1.76 bits per heavy atom. The first-order chi connectivity index (χ1) is 22.4. The molecule has 45 heavy (non-hydrogen) atoms. The minimum atomic E-state index is -0.499. The Bertz CT molecular complexity index is 2240. The zero-order chi connectivity index (χ0) is 29.8. The van der Waals surface area contributed by atoms with Crippen LogP contribution >= 0.6 is 0 Å². The summed E-state index contributed by atoms with van der Waals surface area (Å²) in [6, 6.07) is 50.3. The molecule has 0 bridgehead atoms. The van der Waals surface area contributed by atoms with E-state index in [2.05, 4.69) is 153 Å². The van der Waals surface area contributed by atoms with Gasteiger partial charge >= 0.3 is 0 Å². The standard InChI is InChI=1S/C40H27N5/c1-3-12-28(13-4-1)40(29-14-5-2-6-15-29)33-16-7-9-18-36(33)44(37-19-10-8-17-34(37)40)30-21-22-35-32(24-30)39-38(20-11-23-43-39)45(35)31-25-41-27-42-26-31/h1-27H. The molecule has 212 valence electrons. The van der Waals surface area contributed by atoms with Crippen LogP contribution in [-0.4, -0.2) is 19.5 Å².